The summed E-state index contributed by atoms with van der Waals surface area (Å²) in [7, 11) is 0. The summed E-state index contributed by atoms with van der Waals surface area (Å²) in [5, 5.41) is 8.49. The molecular weight excluding hydrogens is 116 g/mol. The van der Waals surface area contributed by atoms with Crippen LogP contribution in [0.5, 0.6) is 0 Å². The number of aliphatic carboxylic acids is 1. The van der Waals surface area contributed by atoms with Crippen LogP contribution in [0.1, 0.15) is 27.2 Å². The van der Waals surface area contributed by atoms with E-state index in [0.29, 0.717) is 12.0 Å². The summed E-state index contributed by atoms with van der Waals surface area (Å²) in [6, 6.07) is 0. The van der Waals surface area contributed by atoms with Crippen molar-refractivity contribution in [3.8, 4) is 0 Å². The summed E-state index contributed by atoms with van der Waals surface area (Å²) >= 11 is 0. The fourth-order valence-corrected chi connectivity index (χ4v) is 0.719. The number of hydrogen-bond acceptors (Lipinski definition) is 1. The van der Waals surface area contributed by atoms with Crippen molar-refractivity contribution in [3.63, 3.8) is 0 Å². The Morgan fingerprint density at radius 3 is 1.89 bits per heavy atom. The van der Waals surface area contributed by atoms with Crippen molar-refractivity contribution in [3.05, 3.63) is 11.1 Å². The van der Waals surface area contributed by atoms with Crippen molar-refractivity contribution in [1.29, 1.82) is 0 Å². The second-order valence-electron chi connectivity index (χ2n) is 2.14. The molecule has 0 aromatic heterocycles. The summed E-state index contributed by atoms with van der Waals surface area (Å²) in [6.45, 7) is 5.47. The van der Waals surface area contributed by atoms with Crippen LogP contribution in [0, 0.1) is 0 Å². The van der Waals surface area contributed by atoms with E-state index in [4.69, 9.17) is 5.11 Å². The molecule has 0 rings (SSSR count). The largest absolute Gasteiger partial charge is 0.478 e. The van der Waals surface area contributed by atoms with Gasteiger partial charge in [0.2, 0.25) is 0 Å². The monoisotopic (exact) mass is 128 g/mol. The first-order chi connectivity index (χ1) is 4.09. The number of carboxylic acid groups (broad SMARTS) is 1. The molecule has 0 radical (unpaired) electrons. The lowest BCUT2D eigenvalue weighted by Gasteiger charge is -1.97. The molecule has 9 heavy (non-hydrogen) atoms. The molecule has 0 aliphatic rings. The minimum Gasteiger partial charge on any atom is -0.478 e. The molecule has 0 unspecified atom stereocenters. The van der Waals surface area contributed by atoms with Gasteiger partial charge in [-0.25, -0.2) is 4.79 Å². The minimum absolute atomic E-state index is 0.523. The van der Waals surface area contributed by atoms with E-state index >= 15 is 0 Å². The van der Waals surface area contributed by atoms with Gasteiger partial charge in [-0.2, -0.15) is 0 Å². The molecule has 0 atom stereocenters. The lowest BCUT2D eigenvalue weighted by atomic mass is 10.1. The third-order valence-electron chi connectivity index (χ3n) is 1.22. The number of allylic oxidation sites excluding steroid dienone is 1. The van der Waals surface area contributed by atoms with E-state index < -0.39 is 5.97 Å². The SMILES string of the molecule is CCC(C(=O)O)=C(C)C. The molecular formula is C7H12O2. The molecule has 0 heterocycles. The van der Waals surface area contributed by atoms with Crippen LogP contribution in [0.25, 0.3) is 0 Å². The summed E-state index contributed by atoms with van der Waals surface area (Å²) in [5.41, 5.74) is 1.42. The highest BCUT2D eigenvalue weighted by atomic mass is 16.4. The molecule has 2 heteroatoms. The lowest BCUT2D eigenvalue weighted by Crippen LogP contribution is -2.00. The Balaban J connectivity index is 4.35. The number of carboxylic acids is 1. The van der Waals surface area contributed by atoms with E-state index in [9.17, 15) is 4.79 Å². The normalized spacial score (nSPS) is 8.78. The Hall–Kier alpha value is -0.790. The summed E-state index contributed by atoms with van der Waals surface area (Å²) in [4.78, 5) is 10.3. The van der Waals surface area contributed by atoms with E-state index in [1.54, 1.807) is 0 Å². The molecule has 1 N–H and O–H groups in total. The molecule has 0 saturated carbocycles. The van der Waals surface area contributed by atoms with Gasteiger partial charge in [0, 0.05) is 5.57 Å². The minimum atomic E-state index is -0.794. The van der Waals surface area contributed by atoms with Crippen molar-refractivity contribution in [2.75, 3.05) is 0 Å². The van der Waals surface area contributed by atoms with Crippen molar-refractivity contribution in [1.82, 2.24) is 0 Å². The maximum atomic E-state index is 10.3. The second-order valence-corrected chi connectivity index (χ2v) is 2.14. The molecule has 0 spiro atoms. The van der Waals surface area contributed by atoms with Crippen molar-refractivity contribution >= 4 is 5.97 Å². The number of hydrogen-bond donors (Lipinski definition) is 1. The second kappa shape index (κ2) is 3.28. The maximum Gasteiger partial charge on any atom is 0.331 e. The van der Waals surface area contributed by atoms with Gasteiger partial charge < -0.3 is 5.11 Å². The first kappa shape index (κ1) is 8.21. The summed E-state index contributed by atoms with van der Waals surface area (Å²) < 4.78 is 0. The van der Waals surface area contributed by atoms with Crippen LogP contribution in [-0.4, -0.2) is 11.1 Å². The van der Waals surface area contributed by atoms with Gasteiger partial charge >= 0.3 is 5.97 Å². The first-order valence-corrected chi connectivity index (χ1v) is 2.99. The van der Waals surface area contributed by atoms with Gasteiger partial charge in [0.25, 0.3) is 0 Å². The van der Waals surface area contributed by atoms with E-state index in [-0.39, 0.29) is 0 Å². The Bertz CT molecular complexity index is 141. The van der Waals surface area contributed by atoms with Gasteiger partial charge in [0.15, 0.2) is 0 Å². The fraction of sp³-hybridized carbons (Fsp3) is 0.571. The average molecular weight is 128 g/mol. The fourth-order valence-electron chi connectivity index (χ4n) is 0.719. The highest BCUT2D eigenvalue weighted by Gasteiger charge is 2.04. The molecule has 0 saturated heterocycles. The summed E-state index contributed by atoms with van der Waals surface area (Å²) in [5.74, 6) is -0.794. The van der Waals surface area contributed by atoms with E-state index in [1.165, 1.54) is 0 Å². The topological polar surface area (TPSA) is 37.3 Å². The standard InChI is InChI=1S/C7H12O2/c1-4-6(5(2)3)7(8)9/h4H2,1-3H3,(H,8,9). The molecule has 0 aromatic carbocycles. The van der Waals surface area contributed by atoms with Crippen LogP contribution in [0.4, 0.5) is 0 Å². The average Bonchev–Trinajstić information content (AvgIpc) is 1.64. The number of rotatable bonds is 2. The Morgan fingerprint density at radius 2 is 1.89 bits per heavy atom. The third kappa shape index (κ3) is 2.31. The predicted molar refractivity (Wildman–Crippen MR) is 36.3 cm³/mol. The predicted octanol–water partition coefficient (Wildman–Crippen LogP) is 1.82. The Labute approximate surface area is 55.2 Å². The highest BCUT2D eigenvalue weighted by molar-refractivity contribution is 5.87. The molecule has 0 fully saturated rings. The van der Waals surface area contributed by atoms with Crippen LogP contribution in [0.3, 0.4) is 0 Å². The van der Waals surface area contributed by atoms with E-state index in [0.717, 1.165) is 5.57 Å². The van der Waals surface area contributed by atoms with Gasteiger partial charge in [-0.15, -0.1) is 0 Å². The van der Waals surface area contributed by atoms with Crippen LogP contribution in [-0.2, 0) is 4.79 Å². The molecule has 0 aromatic rings. The molecule has 0 amide bonds. The maximum absolute atomic E-state index is 10.3. The Kier molecular flexibility index (Phi) is 2.99. The van der Waals surface area contributed by atoms with Crippen LogP contribution >= 0.6 is 0 Å². The lowest BCUT2D eigenvalue weighted by molar-refractivity contribution is -0.132. The highest BCUT2D eigenvalue weighted by Crippen LogP contribution is 2.06. The third-order valence-corrected chi connectivity index (χ3v) is 1.22. The zero-order chi connectivity index (χ0) is 7.44. The van der Waals surface area contributed by atoms with E-state index in [1.807, 2.05) is 20.8 Å². The smallest absolute Gasteiger partial charge is 0.331 e. The van der Waals surface area contributed by atoms with E-state index in [2.05, 4.69) is 0 Å². The quantitative estimate of drug-likeness (QED) is 0.576. The molecule has 0 aliphatic carbocycles. The van der Waals surface area contributed by atoms with Crippen LogP contribution in [0.15, 0.2) is 11.1 Å². The molecule has 0 aliphatic heterocycles. The van der Waals surface area contributed by atoms with Gasteiger partial charge in [-0.05, 0) is 20.3 Å². The van der Waals surface area contributed by atoms with Gasteiger partial charge in [-0.3, -0.25) is 0 Å². The summed E-state index contributed by atoms with van der Waals surface area (Å²) in [6.07, 6.45) is 0.609. The molecule has 0 bridgehead atoms. The van der Waals surface area contributed by atoms with Crippen molar-refractivity contribution in [2.45, 2.75) is 27.2 Å². The Morgan fingerprint density at radius 1 is 1.44 bits per heavy atom. The first-order valence-electron chi connectivity index (χ1n) is 2.99. The number of carbonyl (C=O) groups is 1. The van der Waals surface area contributed by atoms with Crippen LogP contribution in [0.2, 0.25) is 0 Å². The van der Waals surface area contributed by atoms with Crippen LogP contribution < -0.4 is 0 Å². The molecule has 2 nitrogen and oxygen atoms in total. The van der Waals surface area contributed by atoms with Gasteiger partial charge in [0.1, 0.15) is 0 Å². The molecule has 52 valence electrons. The van der Waals surface area contributed by atoms with Gasteiger partial charge in [-0.1, -0.05) is 12.5 Å². The van der Waals surface area contributed by atoms with Gasteiger partial charge in [0.05, 0.1) is 0 Å². The van der Waals surface area contributed by atoms with Crippen molar-refractivity contribution < 1.29 is 9.90 Å². The van der Waals surface area contributed by atoms with Crippen molar-refractivity contribution in [2.24, 2.45) is 0 Å². The zero-order valence-corrected chi connectivity index (χ0v) is 6.06. The zero-order valence-electron chi connectivity index (χ0n) is 6.06.